The van der Waals surface area contributed by atoms with Gasteiger partial charge in [0.2, 0.25) is 0 Å². The van der Waals surface area contributed by atoms with E-state index in [4.69, 9.17) is 0 Å². The SMILES string of the molecule is CCCC1NCC12CCN(C(C)C)CC2. The van der Waals surface area contributed by atoms with Gasteiger partial charge in [-0.2, -0.15) is 0 Å². The molecule has 0 aliphatic carbocycles. The van der Waals surface area contributed by atoms with Crippen molar-refractivity contribution in [2.45, 2.75) is 58.5 Å². The van der Waals surface area contributed by atoms with Crippen molar-refractivity contribution in [1.29, 1.82) is 0 Å². The number of nitrogens with one attached hydrogen (secondary N) is 1. The van der Waals surface area contributed by atoms with E-state index in [1.54, 1.807) is 0 Å². The number of hydrogen-bond acceptors (Lipinski definition) is 2. The van der Waals surface area contributed by atoms with Gasteiger partial charge in [0.15, 0.2) is 0 Å². The Morgan fingerprint density at radius 3 is 2.40 bits per heavy atom. The lowest BCUT2D eigenvalue weighted by atomic mass is 9.65. The van der Waals surface area contributed by atoms with Gasteiger partial charge in [-0.3, -0.25) is 0 Å². The zero-order chi connectivity index (χ0) is 10.9. The molecular weight excluding hydrogens is 184 g/mol. The first-order chi connectivity index (χ1) is 7.18. The number of likely N-dealkylation sites (tertiary alicyclic amines) is 1. The van der Waals surface area contributed by atoms with Gasteiger partial charge in [-0.25, -0.2) is 0 Å². The maximum absolute atomic E-state index is 3.63. The summed E-state index contributed by atoms with van der Waals surface area (Å²) in [4.78, 5) is 2.63. The van der Waals surface area contributed by atoms with Gasteiger partial charge in [0.1, 0.15) is 0 Å². The van der Waals surface area contributed by atoms with E-state index in [9.17, 15) is 0 Å². The molecule has 2 heteroatoms. The summed E-state index contributed by atoms with van der Waals surface area (Å²) in [7, 11) is 0. The fourth-order valence-electron chi connectivity index (χ4n) is 3.24. The molecule has 15 heavy (non-hydrogen) atoms. The second kappa shape index (κ2) is 4.42. The summed E-state index contributed by atoms with van der Waals surface area (Å²) in [5.74, 6) is 0. The molecule has 0 aromatic rings. The smallest absolute Gasteiger partial charge is 0.0137 e. The number of nitrogens with zero attached hydrogens (tertiary/aromatic N) is 1. The Morgan fingerprint density at radius 2 is 2.00 bits per heavy atom. The van der Waals surface area contributed by atoms with Gasteiger partial charge in [-0.15, -0.1) is 0 Å². The molecule has 2 aliphatic rings. The number of hydrogen-bond donors (Lipinski definition) is 1. The first kappa shape index (κ1) is 11.4. The van der Waals surface area contributed by atoms with Crippen LogP contribution in [0.2, 0.25) is 0 Å². The lowest BCUT2D eigenvalue weighted by Crippen LogP contribution is -2.65. The van der Waals surface area contributed by atoms with E-state index in [1.807, 2.05) is 0 Å². The Hall–Kier alpha value is -0.0800. The quantitative estimate of drug-likeness (QED) is 0.768. The molecule has 2 heterocycles. The maximum atomic E-state index is 3.63. The van der Waals surface area contributed by atoms with Gasteiger partial charge in [0.05, 0.1) is 0 Å². The molecule has 0 radical (unpaired) electrons. The van der Waals surface area contributed by atoms with Crippen molar-refractivity contribution < 1.29 is 0 Å². The topological polar surface area (TPSA) is 15.3 Å². The Bertz CT molecular complexity index is 205. The average molecular weight is 210 g/mol. The molecule has 1 spiro atoms. The Labute approximate surface area is 94.4 Å². The van der Waals surface area contributed by atoms with Gasteiger partial charge in [0, 0.05) is 24.0 Å². The minimum absolute atomic E-state index is 0.682. The third-order valence-electron chi connectivity index (χ3n) is 4.54. The molecule has 88 valence electrons. The summed E-state index contributed by atoms with van der Waals surface area (Å²) in [5.41, 5.74) is 0.682. The van der Waals surface area contributed by atoms with Crippen LogP contribution < -0.4 is 5.32 Å². The zero-order valence-electron chi connectivity index (χ0n) is 10.6. The van der Waals surface area contributed by atoms with Crippen LogP contribution >= 0.6 is 0 Å². The summed E-state index contributed by atoms with van der Waals surface area (Å²) in [6.07, 6.45) is 5.54. The van der Waals surface area contributed by atoms with E-state index < -0.39 is 0 Å². The molecule has 1 atom stereocenters. The van der Waals surface area contributed by atoms with Crippen LogP contribution in [-0.4, -0.2) is 36.6 Å². The van der Waals surface area contributed by atoms with Gasteiger partial charge in [-0.1, -0.05) is 13.3 Å². The molecule has 0 amide bonds. The maximum Gasteiger partial charge on any atom is 0.0137 e. The molecule has 2 fully saturated rings. The summed E-state index contributed by atoms with van der Waals surface area (Å²) in [5, 5.41) is 3.63. The lowest BCUT2D eigenvalue weighted by Gasteiger charge is -2.55. The van der Waals surface area contributed by atoms with Crippen LogP contribution in [0.1, 0.15) is 46.5 Å². The molecular formula is C13H26N2. The van der Waals surface area contributed by atoms with Crippen LogP contribution in [0.5, 0.6) is 0 Å². The van der Waals surface area contributed by atoms with Crippen LogP contribution in [0.4, 0.5) is 0 Å². The third-order valence-corrected chi connectivity index (χ3v) is 4.54. The molecule has 0 bridgehead atoms. The van der Waals surface area contributed by atoms with E-state index in [2.05, 4.69) is 31.0 Å². The first-order valence-electron chi connectivity index (χ1n) is 6.65. The van der Waals surface area contributed by atoms with Gasteiger partial charge >= 0.3 is 0 Å². The minimum atomic E-state index is 0.682. The minimum Gasteiger partial charge on any atom is -0.313 e. The fraction of sp³-hybridized carbons (Fsp3) is 1.00. The predicted molar refractivity (Wildman–Crippen MR) is 65.1 cm³/mol. The van der Waals surface area contributed by atoms with Crippen molar-refractivity contribution in [3.05, 3.63) is 0 Å². The molecule has 0 aromatic heterocycles. The highest BCUT2D eigenvalue weighted by molar-refractivity contribution is 5.04. The van der Waals surface area contributed by atoms with Gasteiger partial charge in [-0.05, 0) is 46.2 Å². The van der Waals surface area contributed by atoms with Crippen molar-refractivity contribution in [2.75, 3.05) is 19.6 Å². The van der Waals surface area contributed by atoms with Crippen LogP contribution in [0.25, 0.3) is 0 Å². The molecule has 2 saturated heterocycles. The number of rotatable bonds is 3. The normalized spacial score (nSPS) is 30.8. The van der Waals surface area contributed by atoms with Crippen molar-refractivity contribution >= 4 is 0 Å². The van der Waals surface area contributed by atoms with Crippen LogP contribution in [-0.2, 0) is 0 Å². The molecule has 2 aliphatic heterocycles. The fourth-order valence-corrected chi connectivity index (χ4v) is 3.24. The summed E-state index contributed by atoms with van der Waals surface area (Å²) >= 11 is 0. The Kier molecular flexibility index (Phi) is 3.36. The molecule has 2 rings (SSSR count). The molecule has 0 aromatic carbocycles. The second-order valence-corrected chi connectivity index (χ2v) is 5.71. The van der Waals surface area contributed by atoms with Crippen molar-refractivity contribution in [1.82, 2.24) is 10.2 Å². The van der Waals surface area contributed by atoms with E-state index in [0.717, 1.165) is 12.1 Å². The van der Waals surface area contributed by atoms with Crippen molar-refractivity contribution in [3.8, 4) is 0 Å². The molecule has 2 nitrogen and oxygen atoms in total. The van der Waals surface area contributed by atoms with Crippen LogP contribution in [0, 0.1) is 5.41 Å². The van der Waals surface area contributed by atoms with Crippen LogP contribution in [0.3, 0.4) is 0 Å². The second-order valence-electron chi connectivity index (χ2n) is 5.71. The van der Waals surface area contributed by atoms with Crippen LogP contribution in [0.15, 0.2) is 0 Å². The van der Waals surface area contributed by atoms with Gasteiger partial charge in [0.25, 0.3) is 0 Å². The Balaban J connectivity index is 1.86. The zero-order valence-corrected chi connectivity index (χ0v) is 10.6. The lowest BCUT2D eigenvalue weighted by molar-refractivity contribution is -0.00764. The van der Waals surface area contributed by atoms with E-state index >= 15 is 0 Å². The highest BCUT2D eigenvalue weighted by atomic mass is 15.2. The molecule has 0 saturated carbocycles. The van der Waals surface area contributed by atoms with Gasteiger partial charge < -0.3 is 10.2 Å². The summed E-state index contributed by atoms with van der Waals surface area (Å²) in [6.45, 7) is 10.9. The standard InChI is InChI=1S/C13H26N2/c1-4-5-12-13(10-14-12)6-8-15(9-7-13)11(2)3/h11-12,14H,4-10H2,1-3H3. The predicted octanol–water partition coefficient (Wildman–Crippen LogP) is 2.25. The van der Waals surface area contributed by atoms with E-state index in [1.165, 1.54) is 45.3 Å². The summed E-state index contributed by atoms with van der Waals surface area (Å²) in [6, 6.07) is 1.57. The molecule has 1 unspecified atom stereocenters. The van der Waals surface area contributed by atoms with Crippen molar-refractivity contribution in [2.24, 2.45) is 5.41 Å². The largest absolute Gasteiger partial charge is 0.313 e. The molecule has 1 N–H and O–H groups in total. The third kappa shape index (κ3) is 2.07. The average Bonchev–Trinajstić information content (AvgIpc) is 2.24. The summed E-state index contributed by atoms with van der Waals surface area (Å²) < 4.78 is 0. The Morgan fingerprint density at radius 1 is 1.33 bits per heavy atom. The van der Waals surface area contributed by atoms with Crippen molar-refractivity contribution in [3.63, 3.8) is 0 Å². The monoisotopic (exact) mass is 210 g/mol. The highest BCUT2D eigenvalue weighted by Crippen LogP contribution is 2.42. The van der Waals surface area contributed by atoms with E-state index in [-0.39, 0.29) is 0 Å². The first-order valence-corrected chi connectivity index (χ1v) is 6.65. The highest BCUT2D eigenvalue weighted by Gasteiger charge is 2.47. The van der Waals surface area contributed by atoms with E-state index in [0.29, 0.717) is 5.41 Å². The number of piperidine rings is 1.